The molecule has 2 fully saturated rings. The van der Waals surface area contributed by atoms with Crippen LogP contribution in [0.4, 0.5) is 0 Å². The Morgan fingerprint density at radius 1 is 1.00 bits per heavy atom. The van der Waals surface area contributed by atoms with Crippen LogP contribution < -0.4 is 12.4 Å². The lowest BCUT2D eigenvalue weighted by Crippen LogP contribution is -3.00. The highest BCUT2D eigenvalue weighted by Gasteiger charge is 2.36. The summed E-state index contributed by atoms with van der Waals surface area (Å²) >= 11 is 0. The van der Waals surface area contributed by atoms with Gasteiger partial charge in [0.25, 0.3) is 5.91 Å². The third-order valence-corrected chi connectivity index (χ3v) is 4.81. The van der Waals surface area contributed by atoms with Crippen LogP contribution in [0.3, 0.4) is 0 Å². The van der Waals surface area contributed by atoms with Gasteiger partial charge in [0.2, 0.25) is 0 Å². The minimum Gasteiger partial charge on any atom is -1.00 e. The van der Waals surface area contributed by atoms with Crippen molar-refractivity contribution in [2.45, 2.75) is 32.2 Å². The molecule has 2 heterocycles. The van der Waals surface area contributed by atoms with Crippen molar-refractivity contribution in [3.63, 3.8) is 0 Å². The smallest absolute Gasteiger partial charge is 0.277 e. The van der Waals surface area contributed by atoms with Crippen LogP contribution in [-0.4, -0.2) is 48.0 Å². The van der Waals surface area contributed by atoms with E-state index in [4.69, 9.17) is 0 Å². The number of likely N-dealkylation sites (tertiary alicyclic amines) is 2. The molecule has 0 aliphatic carbocycles. The average Bonchev–Trinajstić information content (AvgIpc) is 3.11. The highest BCUT2D eigenvalue weighted by molar-refractivity contribution is 5.77. The molecule has 1 amide bonds. The number of halogens is 1. The van der Waals surface area contributed by atoms with Crippen LogP contribution in [0.25, 0.3) is 0 Å². The number of carbonyl (C=O) groups excluding carboxylic acids is 1. The highest BCUT2D eigenvalue weighted by Crippen LogP contribution is 2.24. The van der Waals surface area contributed by atoms with Gasteiger partial charge in [-0.05, 0) is 12.8 Å². The van der Waals surface area contributed by atoms with Gasteiger partial charge < -0.3 is 21.8 Å². The fourth-order valence-corrected chi connectivity index (χ4v) is 3.70. The van der Waals surface area contributed by atoms with Crippen molar-refractivity contribution in [2.75, 3.05) is 32.7 Å². The van der Waals surface area contributed by atoms with Gasteiger partial charge in [-0.1, -0.05) is 30.3 Å². The maximum absolute atomic E-state index is 12.5. The monoisotopic (exact) mass is 308 g/mol. The van der Waals surface area contributed by atoms with Gasteiger partial charge in [0.15, 0.2) is 6.54 Å². The number of hydrogen-bond donors (Lipinski definition) is 0. The van der Waals surface area contributed by atoms with Gasteiger partial charge in [0, 0.05) is 31.5 Å². The van der Waals surface area contributed by atoms with Crippen LogP contribution in [0.2, 0.25) is 0 Å². The summed E-state index contributed by atoms with van der Waals surface area (Å²) in [5.41, 5.74) is 1.36. The molecule has 4 heteroatoms. The van der Waals surface area contributed by atoms with Crippen molar-refractivity contribution in [3.8, 4) is 0 Å². The molecule has 1 aromatic rings. The van der Waals surface area contributed by atoms with Crippen LogP contribution in [0, 0.1) is 0 Å². The summed E-state index contributed by atoms with van der Waals surface area (Å²) in [6, 6.07) is 10.7. The van der Waals surface area contributed by atoms with Crippen molar-refractivity contribution in [2.24, 2.45) is 0 Å². The molecule has 0 unspecified atom stereocenters. The van der Waals surface area contributed by atoms with Crippen molar-refractivity contribution in [1.29, 1.82) is 0 Å². The summed E-state index contributed by atoms with van der Waals surface area (Å²) in [7, 11) is 0. The van der Waals surface area contributed by atoms with Crippen molar-refractivity contribution >= 4 is 5.91 Å². The molecule has 0 aromatic heterocycles. The maximum atomic E-state index is 12.5. The van der Waals surface area contributed by atoms with E-state index in [0.717, 1.165) is 37.2 Å². The van der Waals surface area contributed by atoms with E-state index < -0.39 is 0 Å². The van der Waals surface area contributed by atoms with Crippen LogP contribution in [-0.2, 0) is 11.3 Å². The van der Waals surface area contributed by atoms with E-state index in [0.29, 0.717) is 12.5 Å². The average molecular weight is 309 g/mol. The molecule has 3 nitrogen and oxygen atoms in total. The predicted octanol–water partition coefficient (Wildman–Crippen LogP) is -0.576. The summed E-state index contributed by atoms with van der Waals surface area (Å²) < 4.78 is 0.972. The first-order valence-electron chi connectivity index (χ1n) is 7.94. The first kappa shape index (κ1) is 16.3. The number of amides is 1. The van der Waals surface area contributed by atoms with Gasteiger partial charge in [-0.2, -0.15) is 0 Å². The van der Waals surface area contributed by atoms with Crippen molar-refractivity contribution in [1.82, 2.24) is 4.90 Å². The Morgan fingerprint density at radius 3 is 2.24 bits per heavy atom. The summed E-state index contributed by atoms with van der Waals surface area (Å²) in [5.74, 6) is 0.375. The second-order valence-electron chi connectivity index (χ2n) is 6.39. The Morgan fingerprint density at radius 2 is 1.62 bits per heavy atom. The molecule has 2 aliphatic rings. The van der Waals surface area contributed by atoms with E-state index in [1.807, 2.05) is 0 Å². The normalized spacial score (nSPS) is 20.3. The molecule has 0 spiro atoms. The fourth-order valence-electron chi connectivity index (χ4n) is 3.70. The third kappa shape index (κ3) is 3.98. The van der Waals surface area contributed by atoms with Gasteiger partial charge in [-0.15, -0.1) is 0 Å². The zero-order valence-corrected chi connectivity index (χ0v) is 13.4. The topological polar surface area (TPSA) is 20.3 Å². The second kappa shape index (κ2) is 7.28. The lowest BCUT2D eigenvalue weighted by atomic mass is 10.2. The molecule has 0 bridgehead atoms. The SMILES string of the molecule is O=C(C[N+]1(Cc2ccccc2)CCCC1)N1CCCC1.[Cl-]. The van der Waals surface area contributed by atoms with E-state index in [1.165, 1.54) is 31.2 Å². The van der Waals surface area contributed by atoms with E-state index in [2.05, 4.69) is 35.2 Å². The minimum absolute atomic E-state index is 0. The van der Waals surface area contributed by atoms with Crippen LogP contribution in [0.15, 0.2) is 30.3 Å². The third-order valence-electron chi connectivity index (χ3n) is 4.81. The molecule has 3 rings (SSSR count). The van der Waals surface area contributed by atoms with E-state index >= 15 is 0 Å². The first-order valence-corrected chi connectivity index (χ1v) is 7.94. The number of carbonyl (C=O) groups is 1. The summed E-state index contributed by atoms with van der Waals surface area (Å²) in [6.45, 7) is 5.99. The summed E-state index contributed by atoms with van der Waals surface area (Å²) in [5, 5.41) is 0. The first-order chi connectivity index (χ1) is 9.77. The zero-order valence-electron chi connectivity index (χ0n) is 12.6. The zero-order chi connectivity index (χ0) is 13.8. The molecule has 0 saturated carbocycles. The Hall–Kier alpha value is -1.06. The highest BCUT2D eigenvalue weighted by atomic mass is 35.5. The van der Waals surface area contributed by atoms with Crippen molar-refractivity contribution in [3.05, 3.63) is 35.9 Å². The van der Waals surface area contributed by atoms with Crippen LogP contribution >= 0.6 is 0 Å². The van der Waals surface area contributed by atoms with E-state index in [9.17, 15) is 4.79 Å². The molecular weight excluding hydrogens is 284 g/mol. The Kier molecular flexibility index (Phi) is 5.65. The molecule has 0 N–H and O–H groups in total. The van der Waals surface area contributed by atoms with Gasteiger partial charge in [-0.3, -0.25) is 4.79 Å². The largest absolute Gasteiger partial charge is 1.00 e. The quantitative estimate of drug-likeness (QED) is 0.682. The summed E-state index contributed by atoms with van der Waals surface area (Å²) in [4.78, 5) is 14.6. The fraction of sp³-hybridized carbons (Fsp3) is 0.588. The standard InChI is InChI=1S/C17H25N2O.ClH/c20-17(18-10-4-5-11-18)15-19(12-6-7-13-19)14-16-8-2-1-3-9-16;/h1-3,8-9H,4-7,10-15H2;1H/q+1;/p-1. The van der Waals surface area contributed by atoms with Crippen molar-refractivity contribution < 1.29 is 21.7 Å². The maximum Gasteiger partial charge on any atom is 0.277 e. The summed E-state index contributed by atoms with van der Waals surface area (Å²) in [6.07, 6.45) is 4.90. The molecule has 116 valence electrons. The molecular formula is C17H25ClN2O. The molecule has 2 saturated heterocycles. The number of hydrogen-bond acceptors (Lipinski definition) is 1. The van der Waals surface area contributed by atoms with Gasteiger partial charge >= 0.3 is 0 Å². The van der Waals surface area contributed by atoms with E-state index in [-0.39, 0.29) is 12.4 Å². The van der Waals surface area contributed by atoms with Crippen LogP contribution in [0.5, 0.6) is 0 Å². The molecule has 0 radical (unpaired) electrons. The number of nitrogens with zero attached hydrogens (tertiary/aromatic N) is 2. The Labute approximate surface area is 133 Å². The van der Waals surface area contributed by atoms with E-state index in [1.54, 1.807) is 0 Å². The second-order valence-corrected chi connectivity index (χ2v) is 6.39. The number of quaternary nitrogens is 1. The lowest BCUT2D eigenvalue weighted by Gasteiger charge is -2.35. The molecule has 21 heavy (non-hydrogen) atoms. The predicted molar refractivity (Wildman–Crippen MR) is 80.1 cm³/mol. The molecule has 1 aromatic carbocycles. The lowest BCUT2D eigenvalue weighted by molar-refractivity contribution is -0.922. The van der Waals surface area contributed by atoms with Crippen LogP contribution in [0.1, 0.15) is 31.2 Å². The minimum atomic E-state index is 0. The Bertz CT molecular complexity index is 451. The Balaban J connectivity index is 0.00000161. The number of benzene rings is 1. The molecule has 0 atom stereocenters. The number of rotatable bonds is 4. The molecule has 2 aliphatic heterocycles. The van der Waals surface area contributed by atoms with Gasteiger partial charge in [0.05, 0.1) is 13.1 Å². The van der Waals surface area contributed by atoms with Gasteiger partial charge in [-0.25, -0.2) is 0 Å². The van der Waals surface area contributed by atoms with Gasteiger partial charge in [0.1, 0.15) is 6.54 Å².